The Morgan fingerprint density at radius 1 is 0.977 bits per heavy atom. The quantitative estimate of drug-likeness (QED) is 0.165. The van der Waals surface area contributed by atoms with Gasteiger partial charge >= 0.3 is 5.97 Å². The molecular formula is C32H34Cl2N4O5. The van der Waals surface area contributed by atoms with Crippen molar-refractivity contribution < 1.29 is 58.4 Å². The third kappa shape index (κ3) is 4.42. The van der Waals surface area contributed by atoms with Gasteiger partial charge in [-0.2, -0.15) is 5.26 Å². The van der Waals surface area contributed by atoms with Crippen LogP contribution in [0.15, 0.2) is 42.1 Å². The Bertz CT molecular complexity index is 1610. The van der Waals surface area contributed by atoms with Gasteiger partial charge < -0.3 is 44.4 Å². The Morgan fingerprint density at radius 3 is 2.21 bits per heavy atom. The van der Waals surface area contributed by atoms with Crippen LogP contribution in [0.25, 0.3) is 16.7 Å². The Morgan fingerprint density at radius 2 is 1.60 bits per heavy atom. The number of β-lactam (4-membered cyclic amide) rings is 1. The number of nitriles is 1. The van der Waals surface area contributed by atoms with Gasteiger partial charge in [0.25, 0.3) is 0 Å². The summed E-state index contributed by atoms with van der Waals surface area (Å²) in [6.45, 7) is 11.2. The summed E-state index contributed by atoms with van der Waals surface area (Å²) in [4.78, 5) is 40.0. The van der Waals surface area contributed by atoms with Gasteiger partial charge in [0, 0.05) is 22.6 Å². The third-order valence-corrected chi connectivity index (χ3v) is 10.6. The van der Waals surface area contributed by atoms with E-state index in [1.54, 1.807) is 19.1 Å². The number of carbonyl (C=O) groups is 3. The number of hydrogen-bond donors (Lipinski definition) is 2. The Labute approximate surface area is 263 Å². The molecule has 43 heavy (non-hydrogen) atoms. The number of aliphatic carboxylic acids is 1. The molecule has 0 aromatic heterocycles. The lowest BCUT2D eigenvalue weighted by molar-refractivity contribution is -1.08. The summed E-state index contributed by atoms with van der Waals surface area (Å²) in [5, 5.41) is 29.5. The highest BCUT2D eigenvalue weighted by molar-refractivity contribution is 6.22. The SMILES string of the molecule is C[C@@H](O)[C@H]1C(=O)N2C(C(=O)O)=C(c3ccc4c(c3)-c3ccc(C[N+]56CC[N+](CC#N)(CC5)CC6)cc3C4=O)[C@H](C)[C@H]12.[Cl-].[Cl-]. The van der Waals surface area contributed by atoms with Crippen molar-refractivity contribution in [1.82, 2.24) is 4.90 Å². The van der Waals surface area contributed by atoms with E-state index in [9.17, 15) is 29.9 Å². The summed E-state index contributed by atoms with van der Waals surface area (Å²) in [5.41, 5.74) is 5.27. The second kappa shape index (κ2) is 10.7. The number of carbonyl (C=O) groups excluding carboxylic acids is 2. The lowest BCUT2D eigenvalue weighted by Crippen LogP contribution is -3.00. The van der Waals surface area contributed by atoms with Gasteiger partial charge in [-0.15, -0.1) is 0 Å². The molecule has 1 aliphatic carbocycles. The van der Waals surface area contributed by atoms with Crippen LogP contribution in [0.2, 0.25) is 0 Å². The maximum Gasteiger partial charge on any atom is 0.352 e. The number of quaternary nitrogens is 2. The third-order valence-electron chi connectivity index (χ3n) is 10.6. The van der Waals surface area contributed by atoms with E-state index in [2.05, 4.69) is 12.1 Å². The van der Waals surface area contributed by atoms with Gasteiger partial charge in [-0.3, -0.25) is 14.1 Å². The number of amides is 1. The van der Waals surface area contributed by atoms with Crippen LogP contribution in [0.3, 0.4) is 0 Å². The maximum absolute atomic E-state index is 13.5. The molecule has 1 amide bonds. The van der Waals surface area contributed by atoms with Gasteiger partial charge in [-0.05, 0) is 47.4 Å². The molecular weight excluding hydrogens is 591 g/mol. The second-order valence-corrected chi connectivity index (χ2v) is 12.8. The number of hydrogen-bond acceptors (Lipinski definition) is 5. The van der Waals surface area contributed by atoms with E-state index in [0.29, 0.717) is 28.8 Å². The van der Waals surface area contributed by atoms with Crippen LogP contribution in [-0.2, 0) is 16.1 Å². The van der Waals surface area contributed by atoms with Gasteiger partial charge in [-0.25, -0.2) is 4.79 Å². The molecule has 0 radical (unpaired) electrons. The molecule has 4 saturated heterocycles. The van der Waals surface area contributed by atoms with Crippen molar-refractivity contribution in [1.29, 1.82) is 5.26 Å². The molecule has 5 heterocycles. The van der Waals surface area contributed by atoms with Crippen LogP contribution in [-0.4, -0.2) is 99.7 Å². The highest BCUT2D eigenvalue weighted by Gasteiger charge is 2.60. The molecule has 4 atom stereocenters. The summed E-state index contributed by atoms with van der Waals surface area (Å²) >= 11 is 0. The summed E-state index contributed by atoms with van der Waals surface area (Å²) in [6.07, 6.45) is -0.862. The van der Waals surface area contributed by atoms with Gasteiger partial charge in [-0.1, -0.05) is 25.1 Å². The van der Waals surface area contributed by atoms with Gasteiger partial charge in [0.05, 0.1) is 18.1 Å². The van der Waals surface area contributed by atoms with Crippen molar-refractivity contribution in [3.8, 4) is 17.2 Å². The summed E-state index contributed by atoms with van der Waals surface area (Å²) in [5.74, 6) is -2.45. The molecule has 11 heteroatoms. The molecule has 8 rings (SSSR count). The van der Waals surface area contributed by atoms with E-state index in [1.807, 2.05) is 25.1 Å². The van der Waals surface area contributed by atoms with E-state index in [-0.39, 0.29) is 48.1 Å². The molecule has 5 aliphatic heterocycles. The largest absolute Gasteiger partial charge is 1.00 e. The minimum Gasteiger partial charge on any atom is -1.00 e. The van der Waals surface area contributed by atoms with Crippen LogP contribution >= 0.6 is 0 Å². The van der Waals surface area contributed by atoms with Crippen molar-refractivity contribution in [2.24, 2.45) is 11.8 Å². The molecule has 9 nitrogen and oxygen atoms in total. The average molecular weight is 626 g/mol. The number of nitrogens with zero attached hydrogens (tertiary/aromatic N) is 4. The zero-order valence-electron chi connectivity index (χ0n) is 24.1. The zero-order valence-corrected chi connectivity index (χ0v) is 25.6. The number of aliphatic hydroxyl groups excluding tert-OH is 1. The van der Waals surface area contributed by atoms with Gasteiger partial charge in [0.1, 0.15) is 57.6 Å². The summed E-state index contributed by atoms with van der Waals surface area (Å²) in [7, 11) is 0. The number of piperazine rings is 3. The molecule has 2 bridgehead atoms. The fraction of sp³-hybridized carbons (Fsp3) is 0.438. The minimum atomic E-state index is -1.17. The predicted octanol–water partition coefficient (Wildman–Crippen LogP) is -3.76. The number of fused-ring (bicyclic) bond motifs is 7. The number of halogens is 2. The van der Waals surface area contributed by atoms with Crippen molar-refractivity contribution in [2.75, 3.05) is 45.8 Å². The average Bonchev–Trinajstić information content (AvgIpc) is 3.37. The molecule has 226 valence electrons. The van der Waals surface area contributed by atoms with E-state index < -0.39 is 24.0 Å². The first-order chi connectivity index (χ1) is 19.6. The van der Waals surface area contributed by atoms with E-state index >= 15 is 0 Å². The molecule has 2 aromatic carbocycles. The van der Waals surface area contributed by atoms with Crippen LogP contribution < -0.4 is 24.8 Å². The standard InChI is InChI=1S/C32H33N4O5.2ClH/c1-18-26(29(32(40)41)34-28(18)27(19(2)37)31(34)39)21-4-6-23-24(16-21)22-5-3-20(15-25(22)30(23)38)17-36-12-9-35(8-7-33,10-13-36)11-14-36;;/h3-6,15-16,18-19,27-28,37H,8-14,17H2,1-2H3;2*1H/q+1;;/p-1/t18-,19+,27+,28+,35?,36?;;/m0../s1. The second-order valence-electron chi connectivity index (χ2n) is 12.8. The lowest BCUT2D eigenvalue weighted by Gasteiger charge is -2.54. The Balaban J connectivity index is 0.00000184. The number of carboxylic acid groups (broad SMARTS) is 1. The van der Waals surface area contributed by atoms with Crippen LogP contribution in [0.4, 0.5) is 0 Å². The van der Waals surface area contributed by atoms with Crippen LogP contribution in [0.5, 0.6) is 0 Å². The van der Waals surface area contributed by atoms with E-state index in [1.165, 1.54) is 4.90 Å². The van der Waals surface area contributed by atoms with Crippen LogP contribution in [0.1, 0.15) is 40.9 Å². The van der Waals surface area contributed by atoms with Crippen LogP contribution in [0, 0.1) is 23.2 Å². The smallest absolute Gasteiger partial charge is 0.352 e. The highest BCUT2D eigenvalue weighted by Crippen LogP contribution is 2.51. The first-order valence-electron chi connectivity index (χ1n) is 14.5. The number of ketones is 1. The number of aliphatic hydroxyl groups is 1. The number of carboxylic acids is 1. The topological polar surface area (TPSA) is 119 Å². The fourth-order valence-electron chi connectivity index (χ4n) is 8.30. The predicted molar refractivity (Wildman–Crippen MR) is 149 cm³/mol. The highest BCUT2D eigenvalue weighted by atomic mass is 35.5. The molecule has 0 spiro atoms. The summed E-state index contributed by atoms with van der Waals surface area (Å²) < 4.78 is 1.92. The van der Waals surface area contributed by atoms with Crippen molar-refractivity contribution in [3.63, 3.8) is 0 Å². The van der Waals surface area contributed by atoms with E-state index in [4.69, 9.17) is 0 Å². The number of rotatable bonds is 6. The molecule has 2 aromatic rings. The molecule has 4 fully saturated rings. The van der Waals surface area contributed by atoms with Crippen molar-refractivity contribution >= 4 is 23.2 Å². The number of benzene rings is 2. The zero-order chi connectivity index (χ0) is 28.8. The lowest BCUT2D eigenvalue weighted by atomic mass is 9.76. The minimum absolute atomic E-state index is 0. The molecule has 0 saturated carbocycles. The molecule has 6 aliphatic rings. The first kappa shape index (κ1) is 31.2. The molecule has 2 N–H and O–H groups in total. The Kier molecular flexibility index (Phi) is 7.77. The Hall–Kier alpha value is -3.26. The normalized spacial score (nSPS) is 30.4. The van der Waals surface area contributed by atoms with Gasteiger partial charge in [0.2, 0.25) is 5.91 Å². The van der Waals surface area contributed by atoms with Crippen molar-refractivity contribution in [2.45, 2.75) is 32.5 Å². The maximum atomic E-state index is 13.5. The van der Waals surface area contributed by atoms with Crippen molar-refractivity contribution in [3.05, 3.63) is 64.3 Å². The van der Waals surface area contributed by atoms with E-state index in [0.717, 1.165) is 71.5 Å². The first-order valence-corrected chi connectivity index (χ1v) is 14.5. The van der Waals surface area contributed by atoms with Gasteiger partial charge in [0.15, 0.2) is 12.3 Å². The summed E-state index contributed by atoms with van der Waals surface area (Å²) in [6, 6.07) is 13.6. The fourth-order valence-corrected chi connectivity index (χ4v) is 8.30. The monoisotopic (exact) mass is 624 g/mol. The molecule has 0 unspecified atom stereocenters.